The first-order chi connectivity index (χ1) is 16.0. The molecule has 1 N–H and O–H groups in total. The number of ether oxygens (including phenoxy) is 2. The predicted molar refractivity (Wildman–Crippen MR) is 130 cm³/mol. The van der Waals surface area contributed by atoms with E-state index in [1.165, 1.54) is 0 Å². The summed E-state index contributed by atoms with van der Waals surface area (Å²) >= 11 is 12.0. The van der Waals surface area contributed by atoms with Gasteiger partial charge in [-0.25, -0.2) is 0 Å². The van der Waals surface area contributed by atoms with E-state index in [9.17, 15) is 4.79 Å². The van der Waals surface area contributed by atoms with Gasteiger partial charge in [-0.05, 0) is 53.6 Å². The van der Waals surface area contributed by atoms with Gasteiger partial charge in [-0.1, -0.05) is 47.5 Å². The van der Waals surface area contributed by atoms with Crippen LogP contribution < -0.4 is 14.8 Å². The Labute approximate surface area is 201 Å². The Balaban J connectivity index is 1.33. The van der Waals surface area contributed by atoms with Gasteiger partial charge in [0, 0.05) is 16.8 Å². The molecule has 0 spiro atoms. The number of halogens is 2. The maximum absolute atomic E-state index is 12.6. The van der Waals surface area contributed by atoms with Crippen LogP contribution >= 0.6 is 23.2 Å². The van der Waals surface area contributed by atoms with Crippen molar-refractivity contribution in [3.63, 3.8) is 0 Å². The quantitative estimate of drug-likeness (QED) is 0.331. The molecule has 4 aromatic rings. The van der Waals surface area contributed by atoms with Crippen LogP contribution in [0.15, 0.2) is 79.1 Å². The zero-order valence-corrected chi connectivity index (χ0v) is 19.3. The Hall–Kier alpha value is -3.48. The van der Waals surface area contributed by atoms with E-state index >= 15 is 0 Å². The molecule has 3 aromatic carbocycles. The van der Waals surface area contributed by atoms with Gasteiger partial charge in [0.05, 0.1) is 30.6 Å². The Morgan fingerprint density at radius 1 is 1.03 bits per heavy atom. The van der Waals surface area contributed by atoms with Crippen LogP contribution in [-0.4, -0.2) is 22.8 Å². The summed E-state index contributed by atoms with van der Waals surface area (Å²) in [5.41, 5.74) is 3.10. The minimum Gasteiger partial charge on any atom is -0.497 e. The fourth-order valence-electron chi connectivity index (χ4n) is 3.18. The number of anilines is 1. The minimum atomic E-state index is -0.218. The molecule has 1 heterocycles. The third-order valence-corrected chi connectivity index (χ3v) is 5.40. The summed E-state index contributed by atoms with van der Waals surface area (Å²) in [6.45, 7) is 0.889. The molecule has 0 saturated heterocycles. The van der Waals surface area contributed by atoms with Crippen molar-refractivity contribution in [2.45, 2.75) is 13.2 Å². The van der Waals surface area contributed by atoms with Crippen molar-refractivity contribution in [1.82, 2.24) is 9.78 Å². The number of carbonyl (C=O) groups excluding carboxylic acids is 1. The molecule has 0 atom stereocenters. The highest BCUT2D eigenvalue weighted by Crippen LogP contribution is 2.28. The second-order valence-corrected chi connectivity index (χ2v) is 8.14. The van der Waals surface area contributed by atoms with Gasteiger partial charge in [0.25, 0.3) is 5.91 Å². The number of methoxy groups -OCH3 is 1. The Bertz CT molecular complexity index is 1260. The third-order valence-electron chi connectivity index (χ3n) is 4.87. The summed E-state index contributed by atoms with van der Waals surface area (Å²) in [4.78, 5) is 12.6. The summed E-state index contributed by atoms with van der Waals surface area (Å²) in [5, 5.41) is 8.19. The smallest absolute Gasteiger partial charge is 0.255 e. The van der Waals surface area contributed by atoms with E-state index in [1.807, 2.05) is 36.4 Å². The Morgan fingerprint density at radius 3 is 2.61 bits per heavy atom. The van der Waals surface area contributed by atoms with Crippen LogP contribution in [-0.2, 0) is 13.2 Å². The van der Waals surface area contributed by atoms with E-state index in [2.05, 4.69) is 10.4 Å². The van der Waals surface area contributed by atoms with Crippen LogP contribution in [0.4, 0.5) is 5.69 Å². The number of amides is 1. The summed E-state index contributed by atoms with van der Waals surface area (Å²) in [6, 6.07) is 20.0. The molecule has 0 bridgehead atoms. The minimum absolute atomic E-state index is 0.218. The van der Waals surface area contributed by atoms with Gasteiger partial charge < -0.3 is 14.8 Å². The number of aromatic nitrogens is 2. The number of carbonyl (C=O) groups is 1. The number of hydrogen-bond acceptors (Lipinski definition) is 4. The Kier molecular flexibility index (Phi) is 7.17. The van der Waals surface area contributed by atoms with Gasteiger partial charge >= 0.3 is 0 Å². The van der Waals surface area contributed by atoms with E-state index in [4.69, 9.17) is 32.7 Å². The molecule has 0 unspecified atom stereocenters. The SMILES string of the molecule is COc1cccc(Cn2cc(NC(=O)c3ccc(COc4ccc(Cl)cc4Cl)cc3)cn2)c1. The second kappa shape index (κ2) is 10.4. The highest BCUT2D eigenvalue weighted by atomic mass is 35.5. The summed E-state index contributed by atoms with van der Waals surface area (Å²) in [6.07, 6.45) is 3.41. The molecule has 0 saturated carbocycles. The van der Waals surface area contributed by atoms with Gasteiger partial charge in [0.15, 0.2) is 0 Å². The Morgan fingerprint density at radius 2 is 1.85 bits per heavy atom. The molecular formula is C25H21Cl2N3O3. The average Bonchev–Trinajstić information content (AvgIpc) is 3.25. The molecule has 4 rings (SSSR count). The van der Waals surface area contributed by atoms with Crippen LogP contribution in [0, 0.1) is 0 Å². The molecule has 168 valence electrons. The molecule has 0 radical (unpaired) electrons. The lowest BCUT2D eigenvalue weighted by Gasteiger charge is -2.09. The van der Waals surface area contributed by atoms with Crippen LogP contribution in [0.1, 0.15) is 21.5 Å². The summed E-state index contributed by atoms with van der Waals surface area (Å²) in [7, 11) is 1.63. The van der Waals surface area contributed by atoms with Crippen molar-refractivity contribution in [3.05, 3.63) is 106 Å². The maximum Gasteiger partial charge on any atom is 0.255 e. The molecule has 1 aromatic heterocycles. The lowest BCUT2D eigenvalue weighted by Crippen LogP contribution is -2.11. The topological polar surface area (TPSA) is 65.4 Å². The summed E-state index contributed by atoms with van der Waals surface area (Å²) < 4.78 is 12.7. The number of rotatable bonds is 8. The van der Waals surface area contributed by atoms with Crippen LogP contribution in [0.25, 0.3) is 0 Å². The fraction of sp³-hybridized carbons (Fsp3) is 0.120. The van der Waals surface area contributed by atoms with E-state index in [1.54, 1.807) is 54.5 Å². The van der Waals surface area contributed by atoms with E-state index in [0.29, 0.717) is 40.2 Å². The molecule has 8 heteroatoms. The number of hydrogen-bond donors (Lipinski definition) is 1. The van der Waals surface area contributed by atoms with Crippen molar-refractivity contribution in [1.29, 1.82) is 0 Å². The highest BCUT2D eigenvalue weighted by Gasteiger charge is 2.09. The van der Waals surface area contributed by atoms with Gasteiger partial charge in [-0.15, -0.1) is 0 Å². The molecule has 33 heavy (non-hydrogen) atoms. The second-order valence-electron chi connectivity index (χ2n) is 7.29. The number of nitrogens with one attached hydrogen (secondary N) is 1. The first-order valence-corrected chi connectivity index (χ1v) is 10.9. The third kappa shape index (κ3) is 6.06. The van der Waals surface area contributed by atoms with Crippen molar-refractivity contribution in [3.8, 4) is 11.5 Å². The monoisotopic (exact) mass is 481 g/mol. The van der Waals surface area contributed by atoms with Gasteiger partial charge in [-0.2, -0.15) is 5.10 Å². The van der Waals surface area contributed by atoms with Crippen LogP contribution in [0.2, 0.25) is 10.0 Å². The van der Waals surface area contributed by atoms with Crippen LogP contribution in [0.5, 0.6) is 11.5 Å². The first-order valence-electron chi connectivity index (χ1n) is 10.1. The zero-order chi connectivity index (χ0) is 23.2. The van der Waals surface area contributed by atoms with Crippen LogP contribution in [0.3, 0.4) is 0 Å². The average molecular weight is 482 g/mol. The maximum atomic E-state index is 12.6. The number of nitrogens with zero attached hydrogens (tertiary/aromatic N) is 2. The molecular weight excluding hydrogens is 461 g/mol. The fourth-order valence-corrected chi connectivity index (χ4v) is 3.64. The van der Waals surface area contributed by atoms with E-state index in [0.717, 1.165) is 16.9 Å². The lowest BCUT2D eigenvalue weighted by atomic mass is 10.1. The number of benzene rings is 3. The molecule has 0 aliphatic carbocycles. The lowest BCUT2D eigenvalue weighted by molar-refractivity contribution is 0.102. The predicted octanol–water partition coefficient (Wildman–Crippen LogP) is 6.08. The van der Waals surface area contributed by atoms with Crippen molar-refractivity contribution < 1.29 is 14.3 Å². The normalized spacial score (nSPS) is 10.6. The zero-order valence-electron chi connectivity index (χ0n) is 17.8. The van der Waals surface area contributed by atoms with Crippen molar-refractivity contribution >= 4 is 34.8 Å². The van der Waals surface area contributed by atoms with Gasteiger partial charge in [0.1, 0.15) is 18.1 Å². The van der Waals surface area contributed by atoms with E-state index in [-0.39, 0.29) is 5.91 Å². The molecule has 0 aliphatic heterocycles. The standard InChI is InChI=1S/C25H21Cl2N3O3/c1-32-22-4-2-3-18(11-22)14-30-15-21(13-28-30)29-25(31)19-7-5-17(6-8-19)16-33-24-10-9-20(26)12-23(24)27/h2-13,15H,14,16H2,1H3,(H,29,31). The molecule has 6 nitrogen and oxygen atoms in total. The summed E-state index contributed by atoms with van der Waals surface area (Å²) in [5.74, 6) is 1.12. The molecule has 0 aliphatic rings. The molecule has 0 fully saturated rings. The highest BCUT2D eigenvalue weighted by molar-refractivity contribution is 6.35. The van der Waals surface area contributed by atoms with Gasteiger partial charge in [-0.3, -0.25) is 9.48 Å². The van der Waals surface area contributed by atoms with Crippen molar-refractivity contribution in [2.75, 3.05) is 12.4 Å². The largest absolute Gasteiger partial charge is 0.497 e. The molecule has 1 amide bonds. The first kappa shape index (κ1) is 22.7. The van der Waals surface area contributed by atoms with Gasteiger partial charge in [0.2, 0.25) is 0 Å². The van der Waals surface area contributed by atoms with E-state index < -0.39 is 0 Å². The van der Waals surface area contributed by atoms with Crippen molar-refractivity contribution in [2.24, 2.45) is 0 Å².